The fourth-order valence-electron chi connectivity index (χ4n) is 1.84. The van der Waals surface area contributed by atoms with Gasteiger partial charge in [0.15, 0.2) is 0 Å². The number of carboxylic acid groups (broad SMARTS) is 1. The molecular weight excluding hydrogens is 417 g/mol. The Morgan fingerprint density at radius 2 is 1.18 bits per heavy atom. The third kappa shape index (κ3) is 25.4. The van der Waals surface area contributed by atoms with Crippen molar-refractivity contribution in [1.29, 1.82) is 0 Å². The number of aliphatic hydroxyl groups is 2. The zero-order valence-corrected chi connectivity index (χ0v) is 17.8. The van der Waals surface area contributed by atoms with Crippen LogP contribution in [0.3, 0.4) is 0 Å². The molecule has 0 saturated carbocycles. The zero-order chi connectivity index (χ0) is 21.4. The smallest absolute Gasteiger partial charge is 0.870 e. The van der Waals surface area contributed by atoms with Crippen LogP contribution in [-0.2, 0) is 14.3 Å². The summed E-state index contributed by atoms with van der Waals surface area (Å²) in [5.41, 5.74) is -4.31. The van der Waals surface area contributed by atoms with Crippen LogP contribution >= 0.6 is 0 Å². The Labute approximate surface area is 179 Å². The third-order valence-electron chi connectivity index (χ3n) is 2.53. The maximum atomic E-state index is 11.9. The first kappa shape index (κ1) is 34.9. The van der Waals surface area contributed by atoms with Crippen molar-refractivity contribution in [2.24, 2.45) is 0 Å². The molecule has 0 bridgehead atoms. The quantitative estimate of drug-likeness (QED) is 0.280. The second-order valence-electron chi connectivity index (χ2n) is 6.13. The SMILES string of the molecule is CC(O)(CC(=O)O)CC(F)(F)F.CCOC(=O)CC(C)(O)CC(F)(F)F.[Na+].[OH-]. The minimum absolute atomic E-state index is 0. The first-order chi connectivity index (χ1) is 11.3. The number of rotatable bonds is 7. The Balaban J connectivity index is -0.000000194. The van der Waals surface area contributed by atoms with E-state index in [-0.39, 0.29) is 41.6 Å². The molecule has 0 radical (unpaired) electrons. The van der Waals surface area contributed by atoms with Crippen LogP contribution in [0, 0.1) is 0 Å². The Morgan fingerprint density at radius 1 is 0.857 bits per heavy atom. The molecule has 0 aliphatic carbocycles. The topological polar surface area (TPSA) is 134 Å². The van der Waals surface area contributed by atoms with Gasteiger partial charge in [-0.1, -0.05) is 0 Å². The van der Waals surface area contributed by atoms with Crippen LogP contribution < -0.4 is 29.6 Å². The molecule has 2 atom stereocenters. The maximum absolute atomic E-state index is 11.9. The van der Waals surface area contributed by atoms with Crippen LogP contribution in [0.5, 0.6) is 0 Å². The summed E-state index contributed by atoms with van der Waals surface area (Å²) in [6.45, 7) is 3.42. The summed E-state index contributed by atoms with van der Waals surface area (Å²) in [5, 5.41) is 26.3. The molecule has 0 aliphatic rings. The second kappa shape index (κ2) is 13.6. The first-order valence-corrected chi connectivity index (χ1v) is 7.24. The van der Waals surface area contributed by atoms with Crippen molar-refractivity contribution in [3.8, 4) is 0 Å². The van der Waals surface area contributed by atoms with Crippen molar-refractivity contribution in [1.82, 2.24) is 0 Å². The fourth-order valence-corrected chi connectivity index (χ4v) is 1.84. The molecule has 0 aromatic carbocycles. The van der Waals surface area contributed by atoms with Crippen LogP contribution in [0.4, 0.5) is 26.3 Å². The molecule has 4 N–H and O–H groups in total. The Morgan fingerprint density at radius 3 is 1.43 bits per heavy atom. The van der Waals surface area contributed by atoms with E-state index in [4.69, 9.17) is 10.2 Å². The van der Waals surface area contributed by atoms with Gasteiger partial charge < -0.3 is 25.5 Å². The number of ether oxygens (including phenoxy) is 1. The zero-order valence-electron chi connectivity index (χ0n) is 15.8. The number of halogens is 6. The van der Waals surface area contributed by atoms with E-state index >= 15 is 0 Å². The van der Waals surface area contributed by atoms with Crippen LogP contribution in [0.15, 0.2) is 0 Å². The molecule has 0 aromatic heterocycles. The first-order valence-electron chi connectivity index (χ1n) is 7.24. The molecular formula is C14H23F6NaO7. The molecule has 0 saturated heterocycles. The summed E-state index contributed by atoms with van der Waals surface area (Å²) in [5.74, 6) is -2.29. The monoisotopic (exact) mass is 440 g/mol. The van der Waals surface area contributed by atoms with Crippen LogP contribution in [0.25, 0.3) is 0 Å². The molecule has 28 heavy (non-hydrogen) atoms. The minimum Gasteiger partial charge on any atom is -0.870 e. The van der Waals surface area contributed by atoms with Crippen molar-refractivity contribution in [3.05, 3.63) is 0 Å². The molecule has 0 aromatic rings. The molecule has 0 amide bonds. The number of carbonyl (C=O) groups is 2. The maximum Gasteiger partial charge on any atom is 1.00 e. The van der Waals surface area contributed by atoms with Crippen LogP contribution in [-0.4, -0.2) is 62.9 Å². The Kier molecular flexibility index (Phi) is 16.9. The number of esters is 1. The molecule has 0 heterocycles. The number of carbonyl (C=O) groups excluding carboxylic acids is 1. The summed E-state index contributed by atoms with van der Waals surface area (Å²) >= 11 is 0. The molecule has 0 spiro atoms. The van der Waals surface area contributed by atoms with Gasteiger partial charge in [-0.2, -0.15) is 26.3 Å². The van der Waals surface area contributed by atoms with E-state index in [1.54, 1.807) is 0 Å². The predicted octanol–water partition coefficient (Wildman–Crippen LogP) is -0.365. The number of carboxylic acids is 1. The number of alkyl halides is 6. The van der Waals surface area contributed by atoms with Gasteiger partial charge in [-0.25, -0.2) is 0 Å². The molecule has 2 unspecified atom stereocenters. The summed E-state index contributed by atoms with van der Waals surface area (Å²) in [4.78, 5) is 20.8. The van der Waals surface area contributed by atoms with Gasteiger partial charge in [-0.05, 0) is 20.8 Å². The minimum atomic E-state index is -4.54. The van der Waals surface area contributed by atoms with Gasteiger partial charge in [0.05, 0.1) is 43.5 Å². The largest absolute Gasteiger partial charge is 1.00 e. The van der Waals surface area contributed by atoms with Crippen molar-refractivity contribution in [3.63, 3.8) is 0 Å². The van der Waals surface area contributed by atoms with Gasteiger partial charge >= 0.3 is 53.8 Å². The average Bonchev–Trinajstić information content (AvgIpc) is 2.18. The summed E-state index contributed by atoms with van der Waals surface area (Å²) < 4.78 is 75.0. The Bertz CT molecular complexity index is 464. The van der Waals surface area contributed by atoms with Crippen LogP contribution in [0.1, 0.15) is 46.5 Å². The fraction of sp³-hybridized carbons (Fsp3) is 0.857. The van der Waals surface area contributed by atoms with Crippen molar-refractivity contribution in [2.75, 3.05) is 6.61 Å². The molecule has 0 fully saturated rings. The standard InChI is InChI=1S/C8H13F3O3.C6H9F3O3.Na.H2O/c1-3-14-6(12)4-7(2,13)5-8(9,10)11;1-5(12,2-4(10)11)3-6(7,8)9;;/h13H,3-5H2,1-2H3;12H,2-3H2,1H3,(H,10,11);;1H2/q;;+1;/p-1. The predicted molar refractivity (Wildman–Crippen MR) is 78.0 cm³/mol. The summed E-state index contributed by atoms with van der Waals surface area (Å²) in [7, 11) is 0. The van der Waals surface area contributed by atoms with Crippen LogP contribution in [0.2, 0.25) is 0 Å². The Hall–Kier alpha value is -0.600. The number of hydrogen-bond donors (Lipinski definition) is 3. The van der Waals surface area contributed by atoms with E-state index in [0.717, 1.165) is 13.8 Å². The van der Waals surface area contributed by atoms with E-state index in [1.807, 2.05) is 0 Å². The van der Waals surface area contributed by atoms with E-state index in [2.05, 4.69) is 4.74 Å². The van der Waals surface area contributed by atoms with E-state index in [9.17, 15) is 41.0 Å². The van der Waals surface area contributed by atoms with Crippen molar-refractivity contribution in [2.45, 2.75) is 70.0 Å². The normalized spacial score (nSPS) is 15.4. The van der Waals surface area contributed by atoms with Gasteiger partial charge in [0.1, 0.15) is 0 Å². The molecule has 0 aliphatic heterocycles. The van der Waals surface area contributed by atoms with E-state index in [0.29, 0.717) is 0 Å². The molecule has 14 heteroatoms. The van der Waals surface area contributed by atoms with Gasteiger partial charge in [0.2, 0.25) is 0 Å². The summed E-state index contributed by atoms with van der Waals surface area (Å²) in [6.07, 6.45) is -13.5. The summed E-state index contributed by atoms with van der Waals surface area (Å²) in [6, 6.07) is 0. The third-order valence-corrected chi connectivity index (χ3v) is 2.53. The van der Waals surface area contributed by atoms with E-state index in [1.165, 1.54) is 6.92 Å². The van der Waals surface area contributed by atoms with Gasteiger partial charge in [-0.3, -0.25) is 9.59 Å². The van der Waals surface area contributed by atoms with Gasteiger partial charge in [0, 0.05) is 0 Å². The van der Waals surface area contributed by atoms with Gasteiger partial charge in [0.25, 0.3) is 0 Å². The number of hydrogen-bond acceptors (Lipinski definition) is 6. The molecule has 0 rings (SSSR count). The number of aliphatic carboxylic acids is 1. The van der Waals surface area contributed by atoms with Crippen molar-refractivity contribution >= 4 is 11.9 Å². The molecule has 164 valence electrons. The molecule has 7 nitrogen and oxygen atoms in total. The second-order valence-corrected chi connectivity index (χ2v) is 6.13. The van der Waals surface area contributed by atoms with Gasteiger partial charge in [-0.15, -0.1) is 0 Å². The average molecular weight is 440 g/mol. The van der Waals surface area contributed by atoms with Crippen molar-refractivity contribution < 1.29 is 91.0 Å². The van der Waals surface area contributed by atoms with E-state index < -0.39 is 61.2 Å².